The molecule has 0 radical (unpaired) electrons. The number of hydrogen-bond acceptors (Lipinski definition) is 4. The van der Waals surface area contributed by atoms with E-state index in [1.54, 1.807) is 0 Å². The van der Waals surface area contributed by atoms with Crippen molar-refractivity contribution in [3.8, 4) is 0 Å². The summed E-state index contributed by atoms with van der Waals surface area (Å²) in [5.41, 5.74) is 0. The van der Waals surface area contributed by atoms with Gasteiger partial charge < -0.3 is 0 Å². The molecule has 0 spiro atoms. The lowest BCUT2D eigenvalue weighted by Gasteiger charge is -2.06. The predicted octanol–water partition coefficient (Wildman–Crippen LogP) is 0.409. The van der Waals surface area contributed by atoms with Crippen molar-refractivity contribution in [2.24, 2.45) is 0 Å². The van der Waals surface area contributed by atoms with Gasteiger partial charge >= 0.3 is 0 Å². The first-order chi connectivity index (χ1) is 4.10. The van der Waals surface area contributed by atoms with Gasteiger partial charge in [-0.3, -0.25) is 4.72 Å². The topological polar surface area (TPSA) is 46.2 Å². The summed E-state index contributed by atoms with van der Waals surface area (Å²) in [5, 5.41) is 2.52. The average molecular weight is 181 g/mol. The summed E-state index contributed by atoms with van der Waals surface area (Å²) in [5.74, 6) is 0. The van der Waals surface area contributed by atoms with Crippen molar-refractivity contribution in [1.82, 2.24) is 4.72 Å². The molecule has 3 nitrogen and oxygen atoms in total. The molecule has 50 valence electrons. The van der Waals surface area contributed by atoms with Crippen LogP contribution in [0.25, 0.3) is 0 Å². The maximum atomic E-state index is 10.6. The Labute approximate surface area is 62.6 Å². The largest absolute Gasteiger partial charge is 0.265 e. The summed E-state index contributed by atoms with van der Waals surface area (Å²) >= 11 is 5.76. The molecule has 1 rings (SSSR count). The molecule has 0 aromatic rings. The standard InChI is InChI=1S/C3H3NO2S3/c5-9(6)2-1-8-3(7)4-9/h1-2H,(H,4,7). The van der Waals surface area contributed by atoms with Crippen LogP contribution in [-0.4, -0.2) is 12.7 Å². The van der Waals surface area contributed by atoms with E-state index in [0.717, 1.165) is 5.41 Å². The highest BCUT2D eigenvalue weighted by Gasteiger charge is 2.11. The van der Waals surface area contributed by atoms with Gasteiger partial charge in [0.2, 0.25) is 0 Å². The number of nitrogens with one attached hydrogen (secondary N) is 1. The van der Waals surface area contributed by atoms with Crippen LogP contribution in [0.15, 0.2) is 10.8 Å². The van der Waals surface area contributed by atoms with Crippen LogP contribution in [0.3, 0.4) is 0 Å². The molecule has 0 aliphatic carbocycles. The zero-order valence-electron chi connectivity index (χ0n) is 4.20. The number of sulfonamides is 1. The fraction of sp³-hybridized carbons (Fsp3) is 0. The van der Waals surface area contributed by atoms with Gasteiger partial charge in [-0.2, -0.15) is 0 Å². The molecular formula is C3H3NO2S3. The number of rotatable bonds is 0. The summed E-state index contributed by atoms with van der Waals surface area (Å²) in [4.78, 5) is 0. The molecule has 1 heterocycles. The Kier molecular flexibility index (Phi) is 1.78. The van der Waals surface area contributed by atoms with E-state index in [2.05, 4.69) is 16.9 Å². The van der Waals surface area contributed by atoms with Crippen molar-refractivity contribution in [1.29, 1.82) is 0 Å². The van der Waals surface area contributed by atoms with Crippen molar-refractivity contribution in [3.63, 3.8) is 0 Å². The van der Waals surface area contributed by atoms with Crippen molar-refractivity contribution in [2.45, 2.75) is 0 Å². The summed E-state index contributed by atoms with van der Waals surface area (Å²) in [6, 6.07) is 0. The zero-order valence-corrected chi connectivity index (χ0v) is 6.65. The highest BCUT2D eigenvalue weighted by atomic mass is 32.2. The van der Waals surface area contributed by atoms with Gasteiger partial charge in [0.25, 0.3) is 10.0 Å². The van der Waals surface area contributed by atoms with E-state index in [1.807, 2.05) is 0 Å². The van der Waals surface area contributed by atoms with Crippen LogP contribution in [-0.2, 0) is 10.0 Å². The monoisotopic (exact) mass is 181 g/mol. The maximum Gasteiger partial charge on any atom is 0.256 e. The van der Waals surface area contributed by atoms with Gasteiger partial charge in [-0.1, -0.05) is 24.0 Å². The lowest BCUT2D eigenvalue weighted by atomic mass is 11.2. The maximum absolute atomic E-state index is 10.6. The molecule has 0 unspecified atom stereocenters. The Bertz CT molecular complexity index is 252. The highest BCUT2D eigenvalue weighted by Crippen LogP contribution is 2.11. The van der Waals surface area contributed by atoms with Crippen molar-refractivity contribution >= 4 is 38.3 Å². The molecule has 1 N–H and O–H groups in total. The Morgan fingerprint density at radius 2 is 2.33 bits per heavy atom. The summed E-state index contributed by atoms with van der Waals surface area (Å²) in [6.07, 6.45) is 0. The number of thioether (sulfide) groups is 1. The Morgan fingerprint density at radius 1 is 1.67 bits per heavy atom. The van der Waals surface area contributed by atoms with E-state index in [-0.39, 0.29) is 4.32 Å². The molecule has 0 aromatic heterocycles. The van der Waals surface area contributed by atoms with Crippen LogP contribution >= 0.6 is 24.0 Å². The first-order valence-corrected chi connectivity index (χ1v) is 4.83. The van der Waals surface area contributed by atoms with E-state index >= 15 is 0 Å². The number of thiocarbonyl (C=S) groups is 1. The molecule has 0 atom stereocenters. The van der Waals surface area contributed by atoms with Gasteiger partial charge in [-0.15, -0.1) is 0 Å². The van der Waals surface area contributed by atoms with Crippen molar-refractivity contribution in [2.75, 3.05) is 0 Å². The fourth-order valence-corrected chi connectivity index (χ4v) is 2.62. The summed E-state index contributed by atoms with van der Waals surface area (Å²) in [7, 11) is -3.22. The van der Waals surface area contributed by atoms with Crippen LogP contribution in [0.5, 0.6) is 0 Å². The van der Waals surface area contributed by atoms with E-state index in [0.29, 0.717) is 0 Å². The van der Waals surface area contributed by atoms with E-state index < -0.39 is 10.0 Å². The second kappa shape index (κ2) is 2.28. The van der Waals surface area contributed by atoms with Crippen LogP contribution < -0.4 is 4.72 Å². The lowest BCUT2D eigenvalue weighted by molar-refractivity contribution is 0.602. The molecule has 9 heavy (non-hydrogen) atoms. The minimum Gasteiger partial charge on any atom is -0.265 e. The summed E-state index contributed by atoms with van der Waals surface area (Å²) < 4.78 is 23.5. The average Bonchev–Trinajstić information content (AvgIpc) is 1.60. The van der Waals surface area contributed by atoms with E-state index in [9.17, 15) is 8.42 Å². The minimum atomic E-state index is -3.22. The van der Waals surface area contributed by atoms with Gasteiger partial charge in [0.1, 0.15) is 0 Å². The zero-order chi connectivity index (χ0) is 6.91. The minimum absolute atomic E-state index is 0.275. The van der Waals surface area contributed by atoms with Crippen LogP contribution in [0.2, 0.25) is 0 Å². The second-order valence-corrected chi connectivity index (χ2v) is 4.47. The quantitative estimate of drug-likeness (QED) is 0.550. The molecule has 1 aliphatic heterocycles. The van der Waals surface area contributed by atoms with Gasteiger partial charge in [-0.05, 0) is 5.41 Å². The van der Waals surface area contributed by atoms with Gasteiger partial charge in [-0.25, -0.2) is 8.42 Å². The third-order valence-electron chi connectivity index (χ3n) is 0.635. The van der Waals surface area contributed by atoms with Crippen LogP contribution in [0, 0.1) is 0 Å². The Morgan fingerprint density at radius 3 is 2.67 bits per heavy atom. The lowest BCUT2D eigenvalue weighted by Crippen LogP contribution is -2.26. The van der Waals surface area contributed by atoms with Gasteiger partial charge in [0, 0.05) is 0 Å². The van der Waals surface area contributed by atoms with Crippen molar-refractivity contribution < 1.29 is 8.42 Å². The Balaban J connectivity index is 2.97. The molecule has 0 aromatic carbocycles. The molecule has 0 saturated carbocycles. The van der Waals surface area contributed by atoms with Crippen LogP contribution in [0.4, 0.5) is 0 Å². The van der Waals surface area contributed by atoms with Crippen molar-refractivity contribution in [3.05, 3.63) is 10.8 Å². The molecule has 0 saturated heterocycles. The SMILES string of the molecule is O=S1(=O)C=CSC(=S)N1. The molecule has 6 heteroatoms. The second-order valence-electron chi connectivity index (χ2n) is 1.32. The molecule has 0 amide bonds. The van der Waals surface area contributed by atoms with E-state index in [1.165, 1.54) is 17.2 Å². The first kappa shape index (κ1) is 7.04. The van der Waals surface area contributed by atoms with Gasteiger partial charge in [0.05, 0.1) is 5.41 Å². The third-order valence-corrected chi connectivity index (χ3v) is 3.03. The normalized spacial score (nSPS) is 23.3. The smallest absolute Gasteiger partial charge is 0.256 e. The fourth-order valence-electron chi connectivity index (χ4n) is 0.337. The van der Waals surface area contributed by atoms with Crippen LogP contribution in [0.1, 0.15) is 0 Å². The first-order valence-electron chi connectivity index (χ1n) is 2.00. The highest BCUT2D eigenvalue weighted by molar-refractivity contribution is 8.26. The van der Waals surface area contributed by atoms with E-state index in [4.69, 9.17) is 0 Å². The third kappa shape index (κ3) is 1.96. The molecule has 1 aliphatic rings. The molecule has 0 fully saturated rings. The number of hydrogen-bond donors (Lipinski definition) is 1. The van der Waals surface area contributed by atoms with Gasteiger partial charge in [0.15, 0.2) is 4.32 Å². The predicted molar refractivity (Wildman–Crippen MR) is 41.4 cm³/mol. The molecular weight excluding hydrogens is 178 g/mol. The molecule has 0 bridgehead atoms. The Hall–Kier alpha value is -0.0700. The summed E-state index contributed by atoms with van der Waals surface area (Å²) in [6.45, 7) is 0.